The number of hydrogen-bond donors (Lipinski definition) is 0. The molecule has 3 heteroatoms. The lowest BCUT2D eigenvalue weighted by molar-refractivity contribution is -0.123. The molecule has 108 valence electrons. The van der Waals surface area contributed by atoms with Crippen LogP contribution < -0.4 is 0 Å². The van der Waals surface area contributed by atoms with Crippen molar-refractivity contribution in [2.24, 2.45) is 0 Å². The Morgan fingerprint density at radius 3 is 3.10 bits per heavy atom. The molecule has 0 aromatic heterocycles. The topological polar surface area (TPSA) is 20.3 Å². The van der Waals surface area contributed by atoms with Crippen molar-refractivity contribution in [3.05, 3.63) is 35.4 Å². The molecule has 2 atom stereocenters. The molecular weight excluding hydrogens is 266 g/mol. The number of carbonyl (C=O) groups is 1. The second kappa shape index (κ2) is 6.31. The third kappa shape index (κ3) is 2.94. The Bertz CT molecular complexity index is 488. The predicted molar refractivity (Wildman–Crippen MR) is 85.5 cm³/mol. The molecule has 0 radical (unpaired) electrons. The van der Waals surface area contributed by atoms with E-state index in [0.29, 0.717) is 11.7 Å². The number of rotatable bonds is 3. The van der Waals surface area contributed by atoms with Crippen LogP contribution in [-0.4, -0.2) is 41.8 Å². The van der Waals surface area contributed by atoms with Gasteiger partial charge in [0.1, 0.15) is 0 Å². The lowest BCUT2D eigenvalue weighted by Crippen LogP contribution is -2.45. The summed E-state index contributed by atoms with van der Waals surface area (Å²) in [6, 6.07) is 8.84. The minimum absolute atomic E-state index is 0.142. The van der Waals surface area contributed by atoms with E-state index in [1.807, 2.05) is 11.8 Å². The summed E-state index contributed by atoms with van der Waals surface area (Å²) in [5.74, 6) is 3.03. The number of fused-ring (bicyclic) bond motifs is 1. The van der Waals surface area contributed by atoms with E-state index in [0.717, 1.165) is 24.5 Å². The number of Topliss-reactive ketones (excluding diaryl/α,β-unsaturated/α-hetero) is 1. The van der Waals surface area contributed by atoms with Crippen LogP contribution in [0, 0.1) is 0 Å². The van der Waals surface area contributed by atoms with Crippen molar-refractivity contribution in [1.29, 1.82) is 0 Å². The standard InChI is InChI=1S/C17H23NOS/c1-18-9-10-20-12-16(18)17(19)11-14-7-4-6-13-5-2-3-8-15(13)14/h2-3,5,8,14,16H,4,6-7,9-12H2,1H3. The first-order chi connectivity index (χ1) is 9.75. The molecule has 2 aliphatic rings. The lowest BCUT2D eigenvalue weighted by Gasteiger charge is -2.33. The number of nitrogens with zero attached hydrogens (tertiary/aromatic N) is 1. The van der Waals surface area contributed by atoms with Gasteiger partial charge >= 0.3 is 0 Å². The zero-order chi connectivity index (χ0) is 13.9. The summed E-state index contributed by atoms with van der Waals surface area (Å²) in [6.07, 6.45) is 4.31. The first-order valence-corrected chi connectivity index (χ1v) is 8.79. The molecule has 1 aromatic carbocycles. The Labute approximate surface area is 125 Å². The van der Waals surface area contributed by atoms with Crippen LogP contribution in [-0.2, 0) is 11.2 Å². The highest BCUT2D eigenvalue weighted by molar-refractivity contribution is 7.99. The van der Waals surface area contributed by atoms with Crippen molar-refractivity contribution < 1.29 is 4.79 Å². The van der Waals surface area contributed by atoms with E-state index in [1.54, 1.807) is 0 Å². The Morgan fingerprint density at radius 1 is 1.40 bits per heavy atom. The highest BCUT2D eigenvalue weighted by Crippen LogP contribution is 2.34. The van der Waals surface area contributed by atoms with E-state index in [9.17, 15) is 4.79 Å². The van der Waals surface area contributed by atoms with Gasteiger partial charge in [-0.1, -0.05) is 24.3 Å². The van der Waals surface area contributed by atoms with E-state index in [4.69, 9.17) is 0 Å². The molecule has 0 amide bonds. The molecular formula is C17H23NOS. The van der Waals surface area contributed by atoms with Gasteiger partial charge in [-0.2, -0.15) is 11.8 Å². The second-order valence-corrected chi connectivity index (χ2v) is 7.18. The predicted octanol–water partition coefficient (Wildman–Crippen LogP) is 3.11. The van der Waals surface area contributed by atoms with Gasteiger partial charge in [0.2, 0.25) is 0 Å². The van der Waals surface area contributed by atoms with Crippen LogP contribution >= 0.6 is 11.8 Å². The Morgan fingerprint density at radius 2 is 2.25 bits per heavy atom. The van der Waals surface area contributed by atoms with Crippen LogP contribution in [0.25, 0.3) is 0 Å². The van der Waals surface area contributed by atoms with Crippen LogP contribution in [0.5, 0.6) is 0 Å². The number of thioether (sulfide) groups is 1. The average Bonchev–Trinajstić information content (AvgIpc) is 2.48. The number of ketones is 1. The van der Waals surface area contributed by atoms with Crippen LogP contribution in [0.1, 0.15) is 36.3 Å². The van der Waals surface area contributed by atoms with E-state index in [1.165, 1.54) is 30.4 Å². The summed E-state index contributed by atoms with van der Waals surface area (Å²) in [7, 11) is 2.09. The largest absolute Gasteiger partial charge is 0.298 e. The van der Waals surface area contributed by atoms with Crippen molar-refractivity contribution in [3.8, 4) is 0 Å². The molecule has 1 aliphatic carbocycles. The summed E-state index contributed by atoms with van der Waals surface area (Å²) in [4.78, 5) is 14.9. The molecule has 20 heavy (non-hydrogen) atoms. The fourth-order valence-corrected chi connectivity index (χ4v) is 4.72. The van der Waals surface area contributed by atoms with Gasteiger partial charge in [-0.15, -0.1) is 0 Å². The van der Waals surface area contributed by atoms with Gasteiger partial charge in [0, 0.05) is 24.5 Å². The molecule has 1 aliphatic heterocycles. The zero-order valence-electron chi connectivity index (χ0n) is 12.2. The maximum atomic E-state index is 12.6. The summed E-state index contributed by atoms with van der Waals surface area (Å²) < 4.78 is 0. The van der Waals surface area contributed by atoms with Crippen molar-refractivity contribution in [1.82, 2.24) is 4.90 Å². The van der Waals surface area contributed by atoms with E-state index in [-0.39, 0.29) is 6.04 Å². The normalized spacial score (nSPS) is 27.1. The highest BCUT2D eigenvalue weighted by atomic mass is 32.2. The maximum Gasteiger partial charge on any atom is 0.151 e. The van der Waals surface area contributed by atoms with Gasteiger partial charge in [-0.25, -0.2) is 0 Å². The molecule has 1 heterocycles. The van der Waals surface area contributed by atoms with Gasteiger partial charge in [0.25, 0.3) is 0 Å². The first kappa shape index (κ1) is 14.2. The molecule has 1 fully saturated rings. The summed E-state index contributed by atoms with van der Waals surface area (Å²) in [6.45, 7) is 1.04. The van der Waals surface area contributed by atoms with Gasteiger partial charge in [-0.3, -0.25) is 9.69 Å². The molecule has 0 spiro atoms. The third-order valence-electron chi connectivity index (χ3n) is 4.71. The first-order valence-electron chi connectivity index (χ1n) is 7.64. The molecule has 1 aromatic rings. The Kier molecular flexibility index (Phi) is 4.47. The summed E-state index contributed by atoms with van der Waals surface area (Å²) in [5, 5.41) is 0. The van der Waals surface area contributed by atoms with Gasteiger partial charge in [0.05, 0.1) is 6.04 Å². The maximum absolute atomic E-state index is 12.6. The SMILES string of the molecule is CN1CCSCC1C(=O)CC1CCCc2ccccc21. The lowest BCUT2D eigenvalue weighted by atomic mass is 9.79. The van der Waals surface area contributed by atoms with Crippen molar-refractivity contribution >= 4 is 17.5 Å². The van der Waals surface area contributed by atoms with E-state index < -0.39 is 0 Å². The molecule has 2 nitrogen and oxygen atoms in total. The zero-order valence-corrected chi connectivity index (χ0v) is 13.0. The average molecular weight is 289 g/mol. The van der Waals surface area contributed by atoms with Crippen LogP contribution in [0.4, 0.5) is 0 Å². The summed E-state index contributed by atoms with van der Waals surface area (Å²) >= 11 is 1.92. The minimum atomic E-state index is 0.142. The van der Waals surface area contributed by atoms with E-state index >= 15 is 0 Å². The van der Waals surface area contributed by atoms with Gasteiger partial charge < -0.3 is 0 Å². The summed E-state index contributed by atoms with van der Waals surface area (Å²) in [5.41, 5.74) is 2.89. The van der Waals surface area contributed by atoms with Gasteiger partial charge in [0.15, 0.2) is 5.78 Å². The number of carbonyl (C=O) groups excluding carboxylic acids is 1. The van der Waals surface area contributed by atoms with Crippen molar-refractivity contribution in [2.75, 3.05) is 25.1 Å². The molecule has 0 N–H and O–H groups in total. The van der Waals surface area contributed by atoms with Gasteiger partial charge in [-0.05, 0) is 43.4 Å². The molecule has 0 bridgehead atoms. The Balaban J connectivity index is 1.70. The van der Waals surface area contributed by atoms with Crippen molar-refractivity contribution in [2.45, 2.75) is 37.6 Å². The minimum Gasteiger partial charge on any atom is -0.298 e. The fourth-order valence-electron chi connectivity index (χ4n) is 3.47. The smallest absolute Gasteiger partial charge is 0.151 e. The number of aryl methyl sites for hydroxylation is 1. The number of hydrogen-bond acceptors (Lipinski definition) is 3. The van der Waals surface area contributed by atoms with Crippen LogP contribution in [0.15, 0.2) is 24.3 Å². The quantitative estimate of drug-likeness (QED) is 0.853. The molecule has 3 rings (SSSR count). The molecule has 0 saturated carbocycles. The fraction of sp³-hybridized carbons (Fsp3) is 0.588. The number of likely N-dealkylation sites (N-methyl/N-ethyl adjacent to an activating group) is 1. The molecule has 2 unspecified atom stereocenters. The molecule has 1 saturated heterocycles. The Hall–Kier alpha value is -0.800. The van der Waals surface area contributed by atoms with Crippen molar-refractivity contribution in [3.63, 3.8) is 0 Å². The third-order valence-corrected chi connectivity index (χ3v) is 5.73. The monoisotopic (exact) mass is 289 g/mol. The number of benzene rings is 1. The van der Waals surface area contributed by atoms with Crippen LogP contribution in [0.3, 0.4) is 0 Å². The van der Waals surface area contributed by atoms with Crippen LogP contribution in [0.2, 0.25) is 0 Å². The van der Waals surface area contributed by atoms with E-state index in [2.05, 4.69) is 36.2 Å². The second-order valence-electron chi connectivity index (χ2n) is 6.03. The highest BCUT2D eigenvalue weighted by Gasteiger charge is 2.29.